The zero-order valence-electron chi connectivity index (χ0n) is 13.9. The van der Waals surface area contributed by atoms with Gasteiger partial charge in [-0.3, -0.25) is 4.90 Å². The highest BCUT2D eigenvalue weighted by Gasteiger charge is 2.26. The highest BCUT2D eigenvalue weighted by atomic mass is 16.5. The van der Waals surface area contributed by atoms with Crippen molar-refractivity contribution in [3.63, 3.8) is 0 Å². The van der Waals surface area contributed by atoms with E-state index in [4.69, 9.17) is 4.74 Å². The van der Waals surface area contributed by atoms with E-state index in [0.29, 0.717) is 18.2 Å². The number of rotatable bonds is 6. The summed E-state index contributed by atoms with van der Waals surface area (Å²) < 4.78 is 5.75. The molecule has 1 heterocycles. The number of hydrogen-bond donors (Lipinski definition) is 1. The van der Waals surface area contributed by atoms with Gasteiger partial charge in [-0.15, -0.1) is 0 Å². The monoisotopic (exact) mass is 290 g/mol. The number of benzene rings is 1. The topological polar surface area (TPSA) is 24.5 Å². The Hall–Kier alpha value is -0.900. The van der Waals surface area contributed by atoms with Crippen LogP contribution in [0.4, 0.5) is 0 Å². The van der Waals surface area contributed by atoms with E-state index in [0.717, 1.165) is 32.7 Å². The van der Waals surface area contributed by atoms with Crippen LogP contribution in [-0.2, 0) is 4.74 Å². The van der Waals surface area contributed by atoms with Gasteiger partial charge in [-0.2, -0.15) is 0 Å². The molecule has 3 atom stereocenters. The number of hydrogen-bond acceptors (Lipinski definition) is 3. The molecule has 3 unspecified atom stereocenters. The van der Waals surface area contributed by atoms with Crippen molar-refractivity contribution in [3.05, 3.63) is 35.4 Å². The molecule has 0 amide bonds. The second-order valence-corrected chi connectivity index (χ2v) is 6.31. The third-order valence-corrected chi connectivity index (χ3v) is 4.36. The van der Waals surface area contributed by atoms with Crippen molar-refractivity contribution in [2.24, 2.45) is 0 Å². The van der Waals surface area contributed by atoms with Crippen LogP contribution in [0.25, 0.3) is 0 Å². The number of aryl methyl sites for hydroxylation is 1. The predicted octanol–water partition coefficient (Wildman–Crippen LogP) is 3.14. The molecule has 2 rings (SSSR count). The first-order chi connectivity index (χ1) is 10.1. The summed E-state index contributed by atoms with van der Waals surface area (Å²) in [5.41, 5.74) is 2.80. The number of nitrogens with one attached hydrogen (secondary N) is 1. The Labute approximate surface area is 129 Å². The lowest BCUT2D eigenvalue weighted by molar-refractivity contribution is -0.0521. The molecular formula is C18H30N2O. The van der Waals surface area contributed by atoms with Crippen LogP contribution in [0.2, 0.25) is 0 Å². The van der Waals surface area contributed by atoms with E-state index in [1.807, 2.05) is 0 Å². The van der Waals surface area contributed by atoms with Crippen molar-refractivity contribution in [1.82, 2.24) is 10.2 Å². The van der Waals surface area contributed by atoms with Gasteiger partial charge >= 0.3 is 0 Å². The molecule has 0 saturated carbocycles. The summed E-state index contributed by atoms with van der Waals surface area (Å²) in [4.78, 5) is 2.56. The predicted molar refractivity (Wildman–Crippen MR) is 88.7 cm³/mol. The fraction of sp³-hybridized carbons (Fsp3) is 0.667. The normalized spacial score (nSPS) is 25.0. The standard InChI is InChI=1S/C18H30N2O/c1-5-10-19-18(17-9-7-6-8-14(17)2)12-20-11-16(4)21-13-15(20)3/h6-9,15-16,18-19H,5,10-13H2,1-4H3. The Morgan fingerprint density at radius 3 is 2.81 bits per heavy atom. The minimum Gasteiger partial charge on any atom is -0.376 e. The summed E-state index contributed by atoms with van der Waals surface area (Å²) in [5, 5.41) is 3.73. The molecule has 3 heteroatoms. The fourth-order valence-corrected chi connectivity index (χ4v) is 3.03. The zero-order valence-corrected chi connectivity index (χ0v) is 13.9. The van der Waals surface area contributed by atoms with Gasteiger partial charge in [-0.25, -0.2) is 0 Å². The van der Waals surface area contributed by atoms with E-state index < -0.39 is 0 Å². The van der Waals surface area contributed by atoms with E-state index in [1.165, 1.54) is 11.1 Å². The molecule has 21 heavy (non-hydrogen) atoms. The second-order valence-electron chi connectivity index (χ2n) is 6.31. The molecule has 1 aliphatic heterocycles. The van der Waals surface area contributed by atoms with Gasteiger partial charge in [0.05, 0.1) is 12.7 Å². The third kappa shape index (κ3) is 4.53. The smallest absolute Gasteiger partial charge is 0.0674 e. The van der Waals surface area contributed by atoms with E-state index >= 15 is 0 Å². The quantitative estimate of drug-likeness (QED) is 0.871. The number of ether oxygens (including phenoxy) is 1. The number of morpholine rings is 1. The van der Waals surface area contributed by atoms with E-state index in [9.17, 15) is 0 Å². The Balaban J connectivity index is 2.10. The SMILES string of the molecule is CCCNC(CN1CC(C)OCC1C)c1ccccc1C. The molecule has 1 saturated heterocycles. The lowest BCUT2D eigenvalue weighted by Crippen LogP contribution is -2.50. The molecule has 0 radical (unpaired) electrons. The molecule has 0 bridgehead atoms. The summed E-state index contributed by atoms with van der Waals surface area (Å²) in [6.07, 6.45) is 1.50. The van der Waals surface area contributed by atoms with E-state index in [2.05, 4.69) is 62.2 Å². The van der Waals surface area contributed by atoms with Crippen molar-refractivity contribution < 1.29 is 4.74 Å². The Kier molecular flexibility index (Phi) is 6.22. The van der Waals surface area contributed by atoms with Gasteiger partial charge in [0.2, 0.25) is 0 Å². The summed E-state index contributed by atoms with van der Waals surface area (Å²) in [6.45, 7) is 12.9. The Morgan fingerprint density at radius 1 is 1.33 bits per heavy atom. The van der Waals surface area contributed by atoms with Crippen molar-refractivity contribution >= 4 is 0 Å². The molecule has 0 aromatic heterocycles. The molecule has 1 N–H and O–H groups in total. The second kappa shape index (κ2) is 7.92. The molecular weight excluding hydrogens is 260 g/mol. The van der Waals surface area contributed by atoms with Crippen LogP contribution in [0.5, 0.6) is 0 Å². The van der Waals surface area contributed by atoms with Gasteiger partial charge in [0, 0.05) is 25.2 Å². The molecule has 1 fully saturated rings. The van der Waals surface area contributed by atoms with Gasteiger partial charge < -0.3 is 10.1 Å². The molecule has 0 spiro atoms. The van der Waals surface area contributed by atoms with Gasteiger partial charge in [-0.1, -0.05) is 31.2 Å². The lowest BCUT2D eigenvalue weighted by atomic mass is 9.99. The van der Waals surface area contributed by atoms with Crippen molar-refractivity contribution in [3.8, 4) is 0 Å². The van der Waals surface area contributed by atoms with Gasteiger partial charge in [0.1, 0.15) is 0 Å². The minimum atomic E-state index is 0.338. The first-order valence-electron chi connectivity index (χ1n) is 8.26. The van der Waals surface area contributed by atoms with Crippen LogP contribution in [0.3, 0.4) is 0 Å². The maximum atomic E-state index is 5.75. The van der Waals surface area contributed by atoms with Gasteiger partial charge in [0.25, 0.3) is 0 Å². The zero-order chi connectivity index (χ0) is 15.2. The molecule has 1 aromatic rings. The van der Waals surface area contributed by atoms with Crippen LogP contribution in [0.15, 0.2) is 24.3 Å². The maximum Gasteiger partial charge on any atom is 0.0674 e. The van der Waals surface area contributed by atoms with Crippen LogP contribution in [-0.4, -0.2) is 43.3 Å². The average Bonchev–Trinajstić information content (AvgIpc) is 2.48. The van der Waals surface area contributed by atoms with Crippen LogP contribution in [0.1, 0.15) is 44.4 Å². The highest BCUT2D eigenvalue weighted by Crippen LogP contribution is 2.21. The average molecular weight is 290 g/mol. The molecule has 0 aliphatic carbocycles. The van der Waals surface area contributed by atoms with Crippen LogP contribution < -0.4 is 5.32 Å². The molecule has 118 valence electrons. The van der Waals surface area contributed by atoms with Crippen molar-refractivity contribution in [2.75, 3.05) is 26.2 Å². The van der Waals surface area contributed by atoms with E-state index in [-0.39, 0.29) is 0 Å². The maximum absolute atomic E-state index is 5.75. The first-order valence-corrected chi connectivity index (χ1v) is 8.26. The Morgan fingerprint density at radius 2 is 2.10 bits per heavy atom. The third-order valence-electron chi connectivity index (χ3n) is 4.36. The fourth-order valence-electron chi connectivity index (χ4n) is 3.03. The van der Waals surface area contributed by atoms with Crippen LogP contribution >= 0.6 is 0 Å². The first kappa shape index (κ1) is 16.5. The van der Waals surface area contributed by atoms with Crippen molar-refractivity contribution in [1.29, 1.82) is 0 Å². The molecule has 1 aliphatic rings. The van der Waals surface area contributed by atoms with Crippen molar-refractivity contribution in [2.45, 2.75) is 52.3 Å². The number of nitrogens with zero attached hydrogens (tertiary/aromatic N) is 1. The van der Waals surface area contributed by atoms with Gasteiger partial charge in [-0.05, 0) is 44.9 Å². The van der Waals surface area contributed by atoms with Crippen LogP contribution in [0, 0.1) is 6.92 Å². The highest BCUT2D eigenvalue weighted by molar-refractivity contribution is 5.29. The molecule has 1 aromatic carbocycles. The lowest BCUT2D eigenvalue weighted by Gasteiger charge is -2.39. The summed E-state index contributed by atoms with van der Waals surface area (Å²) in [7, 11) is 0. The largest absolute Gasteiger partial charge is 0.376 e. The molecule has 3 nitrogen and oxygen atoms in total. The Bertz CT molecular complexity index is 435. The van der Waals surface area contributed by atoms with E-state index in [1.54, 1.807) is 0 Å². The summed E-state index contributed by atoms with van der Waals surface area (Å²) in [5.74, 6) is 0. The summed E-state index contributed by atoms with van der Waals surface area (Å²) >= 11 is 0. The minimum absolute atomic E-state index is 0.338. The summed E-state index contributed by atoms with van der Waals surface area (Å²) in [6, 6.07) is 9.64. The van der Waals surface area contributed by atoms with Gasteiger partial charge in [0.15, 0.2) is 0 Å².